The SMILES string of the molecule is COCC(O)CCc1cccs1. The van der Waals surface area contributed by atoms with Crippen LogP contribution in [0.4, 0.5) is 0 Å². The molecule has 0 aliphatic carbocycles. The zero-order chi connectivity index (χ0) is 8.81. The van der Waals surface area contributed by atoms with E-state index in [0.717, 1.165) is 12.8 Å². The highest BCUT2D eigenvalue weighted by Crippen LogP contribution is 2.11. The second kappa shape index (κ2) is 5.30. The minimum atomic E-state index is -0.322. The van der Waals surface area contributed by atoms with E-state index >= 15 is 0 Å². The van der Waals surface area contributed by atoms with Crippen molar-refractivity contribution in [1.29, 1.82) is 0 Å². The molecule has 0 aromatic carbocycles. The Morgan fingerprint density at radius 3 is 3.08 bits per heavy atom. The lowest BCUT2D eigenvalue weighted by Crippen LogP contribution is -2.14. The van der Waals surface area contributed by atoms with Gasteiger partial charge < -0.3 is 9.84 Å². The Morgan fingerprint density at radius 1 is 1.67 bits per heavy atom. The van der Waals surface area contributed by atoms with Gasteiger partial charge in [0.15, 0.2) is 0 Å². The van der Waals surface area contributed by atoms with Crippen molar-refractivity contribution in [3.05, 3.63) is 22.4 Å². The van der Waals surface area contributed by atoms with Crippen molar-refractivity contribution in [2.24, 2.45) is 0 Å². The number of ether oxygens (including phenoxy) is 1. The first-order chi connectivity index (χ1) is 5.83. The van der Waals surface area contributed by atoms with Crippen LogP contribution in [0.5, 0.6) is 0 Å². The summed E-state index contributed by atoms with van der Waals surface area (Å²) >= 11 is 1.73. The molecule has 1 unspecified atom stereocenters. The van der Waals surface area contributed by atoms with Gasteiger partial charge in [0.2, 0.25) is 0 Å². The largest absolute Gasteiger partial charge is 0.391 e. The summed E-state index contributed by atoms with van der Waals surface area (Å²) in [6.45, 7) is 0.436. The summed E-state index contributed by atoms with van der Waals surface area (Å²) in [6, 6.07) is 4.12. The molecule has 12 heavy (non-hydrogen) atoms. The van der Waals surface area contributed by atoms with Crippen LogP contribution >= 0.6 is 11.3 Å². The molecule has 1 aromatic heterocycles. The van der Waals surface area contributed by atoms with Crippen molar-refractivity contribution < 1.29 is 9.84 Å². The molecule has 0 bridgehead atoms. The fourth-order valence-corrected chi connectivity index (χ4v) is 1.76. The van der Waals surface area contributed by atoms with E-state index < -0.39 is 0 Å². The molecule has 1 N–H and O–H groups in total. The normalized spacial score (nSPS) is 13.2. The molecule has 1 atom stereocenters. The monoisotopic (exact) mass is 186 g/mol. The molecule has 3 heteroatoms. The van der Waals surface area contributed by atoms with Crippen LogP contribution in [0.3, 0.4) is 0 Å². The molecule has 0 saturated heterocycles. The van der Waals surface area contributed by atoms with Gasteiger partial charge in [-0.1, -0.05) is 6.07 Å². The molecular weight excluding hydrogens is 172 g/mol. The van der Waals surface area contributed by atoms with Crippen LogP contribution in [0, 0.1) is 0 Å². The molecule has 0 aliphatic heterocycles. The molecule has 1 heterocycles. The standard InChI is InChI=1S/C9H14O2S/c1-11-7-8(10)4-5-9-3-2-6-12-9/h2-3,6,8,10H,4-5,7H2,1H3. The van der Waals surface area contributed by atoms with Crippen molar-refractivity contribution in [1.82, 2.24) is 0 Å². The molecule has 2 nitrogen and oxygen atoms in total. The van der Waals surface area contributed by atoms with Crippen molar-refractivity contribution in [2.45, 2.75) is 18.9 Å². The van der Waals surface area contributed by atoms with Gasteiger partial charge in [-0.2, -0.15) is 0 Å². The Morgan fingerprint density at radius 2 is 2.50 bits per heavy atom. The second-order valence-electron chi connectivity index (χ2n) is 2.73. The van der Waals surface area contributed by atoms with Gasteiger partial charge in [0.1, 0.15) is 0 Å². The van der Waals surface area contributed by atoms with Gasteiger partial charge in [0.25, 0.3) is 0 Å². The average Bonchev–Trinajstić information content (AvgIpc) is 2.53. The van der Waals surface area contributed by atoms with Crippen LogP contribution in [0.25, 0.3) is 0 Å². The molecular formula is C9H14O2S. The van der Waals surface area contributed by atoms with Crippen LogP contribution in [0.2, 0.25) is 0 Å². The zero-order valence-corrected chi connectivity index (χ0v) is 8.01. The van der Waals surface area contributed by atoms with E-state index in [0.29, 0.717) is 6.61 Å². The quantitative estimate of drug-likeness (QED) is 0.758. The molecule has 1 aromatic rings. The van der Waals surface area contributed by atoms with Crippen LogP contribution < -0.4 is 0 Å². The summed E-state index contributed by atoms with van der Waals surface area (Å²) in [4.78, 5) is 1.32. The lowest BCUT2D eigenvalue weighted by atomic mass is 10.2. The van der Waals surface area contributed by atoms with Crippen LogP contribution in [0.1, 0.15) is 11.3 Å². The first-order valence-electron chi connectivity index (χ1n) is 4.02. The predicted molar refractivity (Wildman–Crippen MR) is 50.5 cm³/mol. The highest BCUT2D eigenvalue weighted by molar-refractivity contribution is 7.09. The van der Waals surface area contributed by atoms with E-state index in [-0.39, 0.29) is 6.10 Å². The Bertz CT molecular complexity index is 196. The van der Waals surface area contributed by atoms with Crippen LogP contribution in [-0.2, 0) is 11.2 Å². The fraction of sp³-hybridized carbons (Fsp3) is 0.556. The maximum atomic E-state index is 9.33. The van der Waals surface area contributed by atoms with Gasteiger partial charge in [0.05, 0.1) is 12.7 Å². The Labute approximate surface area is 76.8 Å². The summed E-state index contributed by atoms with van der Waals surface area (Å²) < 4.78 is 4.83. The first kappa shape index (κ1) is 9.71. The van der Waals surface area contributed by atoms with Gasteiger partial charge >= 0.3 is 0 Å². The summed E-state index contributed by atoms with van der Waals surface area (Å²) in [5.41, 5.74) is 0. The van der Waals surface area contributed by atoms with E-state index in [1.54, 1.807) is 18.4 Å². The van der Waals surface area contributed by atoms with E-state index in [4.69, 9.17) is 4.74 Å². The van der Waals surface area contributed by atoms with Crippen LogP contribution in [0.15, 0.2) is 17.5 Å². The maximum absolute atomic E-state index is 9.33. The first-order valence-corrected chi connectivity index (χ1v) is 4.90. The summed E-state index contributed by atoms with van der Waals surface area (Å²) in [5, 5.41) is 11.4. The third kappa shape index (κ3) is 3.34. The number of rotatable bonds is 5. The number of aliphatic hydroxyl groups excluding tert-OH is 1. The van der Waals surface area contributed by atoms with E-state index in [2.05, 4.69) is 11.4 Å². The lowest BCUT2D eigenvalue weighted by molar-refractivity contribution is 0.0596. The number of aliphatic hydroxyl groups is 1. The van der Waals surface area contributed by atoms with Crippen molar-refractivity contribution in [3.63, 3.8) is 0 Å². The smallest absolute Gasteiger partial charge is 0.0777 e. The molecule has 68 valence electrons. The average molecular weight is 186 g/mol. The summed E-state index contributed by atoms with van der Waals surface area (Å²) in [6.07, 6.45) is 1.41. The van der Waals surface area contributed by atoms with E-state index in [1.165, 1.54) is 4.88 Å². The third-order valence-corrected chi connectivity index (χ3v) is 2.60. The Hall–Kier alpha value is -0.380. The molecule has 0 aliphatic rings. The molecule has 1 rings (SSSR count). The zero-order valence-electron chi connectivity index (χ0n) is 7.19. The number of thiophene rings is 1. The van der Waals surface area contributed by atoms with Gasteiger partial charge in [0, 0.05) is 12.0 Å². The number of hydrogen-bond donors (Lipinski definition) is 1. The Kier molecular flexibility index (Phi) is 4.29. The molecule has 0 spiro atoms. The van der Waals surface area contributed by atoms with Crippen molar-refractivity contribution >= 4 is 11.3 Å². The topological polar surface area (TPSA) is 29.5 Å². The second-order valence-corrected chi connectivity index (χ2v) is 3.76. The lowest BCUT2D eigenvalue weighted by Gasteiger charge is -2.07. The van der Waals surface area contributed by atoms with Gasteiger partial charge in [-0.25, -0.2) is 0 Å². The van der Waals surface area contributed by atoms with Gasteiger partial charge in [-0.15, -0.1) is 11.3 Å². The maximum Gasteiger partial charge on any atom is 0.0777 e. The highest BCUT2D eigenvalue weighted by atomic mass is 32.1. The van der Waals surface area contributed by atoms with Crippen LogP contribution in [-0.4, -0.2) is 24.9 Å². The fourth-order valence-electron chi connectivity index (χ4n) is 1.04. The Balaban J connectivity index is 2.17. The van der Waals surface area contributed by atoms with E-state index in [9.17, 15) is 5.11 Å². The predicted octanol–water partition coefficient (Wildman–Crippen LogP) is 1.69. The minimum absolute atomic E-state index is 0.322. The number of hydrogen-bond acceptors (Lipinski definition) is 3. The minimum Gasteiger partial charge on any atom is -0.391 e. The van der Waals surface area contributed by atoms with Crippen molar-refractivity contribution in [2.75, 3.05) is 13.7 Å². The van der Waals surface area contributed by atoms with Crippen molar-refractivity contribution in [3.8, 4) is 0 Å². The molecule has 0 radical (unpaired) electrons. The summed E-state index contributed by atoms with van der Waals surface area (Å²) in [5.74, 6) is 0. The van der Waals surface area contributed by atoms with E-state index in [1.807, 2.05) is 6.07 Å². The van der Waals surface area contributed by atoms with Gasteiger partial charge in [-0.3, -0.25) is 0 Å². The molecule has 0 saturated carbocycles. The summed E-state index contributed by atoms with van der Waals surface area (Å²) in [7, 11) is 1.61. The molecule has 0 fully saturated rings. The highest BCUT2D eigenvalue weighted by Gasteiger charge is 2.03. The third-order valence-electron chi connectivity index (χ3n) is 1.66. The number of methoxy groups -OCH3 is 1. The number of aryl methyl sites for hydroxylation is 1. The van der Waals surface area contributed by atoms with Gasteiger partial charge in [-0.05, 0) is 24.3 Å². The molecule has 0 amide bonds.